The zero-order valence-electron chi connectivity index (χ0n) is 14.3. The van der Waals surface area contributed by atoms with Gasteiger partial charge in [0.1, 0.15) is 5.75 Å². The minimum absolute atomic E-state index is 0.234. The summed E-state index contributed by atoms with van der Waals surface area (Å²) in [6, 6.07) is 22.7. The molecule has 6 heteroatoms. The summed E-state index contributed by atoms with van der Waals surface area (Å²) in [6.45, 7) is -0.234. The Morgan fingerprint density at radius 2 is 1.52 bits per heavy atom. The van der Waals surface area contributed by atoms with E-state index in [4.69, 9.17) is 16.3 Å². The van der Waals surface area contributed by atoms with Crippen LogP contribution in [0.3, 0.4) is 0 Å². The van der Waals surface area contributed by atoms with E-state index in [1.54, 1.807) is 60.7 Å². The normalized spacial score (nSPS) is 10.1. The molecule has 0 aliphatic heterocycles. The van der Waals surface area contributed by atoms with E-state index in [-0.39, 0.29) is 18.4 Å². The van der Waals surface area contributed by atoms with Crippen LogP contribution in [0.1, 0.15) is 10.4 Å². The van der Waals surface area contributed by atoms with Gasteiger partial charge in [-0.2, -0.15) is 0 Å². The summed E-state index contributed by atoms with van der Waals surface area (Å²) in [6.07, 6.45) is 0. The summed E-state index contributed by atoms with van der Waals surface area (Å²) in [5.74, 6) is -0.338. The van der Waals surface area contributed by atoms with Crippen molar-refractivity contribution < 1.29 is 14.3 Å². The van der Waals surface area contributed by atoms with Gasteiger partial charge in [-0.3, -0.25) is 9.59 Å². The van der Waals surface area contributed by atoms with Crippen LogP contribution in [0.5, 0.6) is 5.75 Å². The lowest BCUT2D eigenvalue weighted by molar-refractivity contribution is -0.118. The van der Waals surface area contributed by atoms with Crippen molar-refractivity contribution in [2.24, 2.45) is 0 Å². The smallest absolute Gasteiger partial charge is 0.262 e. The molecule has 27 heavy (non-hydrogen) atoms. The predicted octanol–water partition coefficient (Wildman–Crippen LogP) is 4.61. The molecule has 0 aromatic heterocycles. The van der Waals surface area contributed by atoms with E-state index in [2.05, 4.69) is 10.6 Å². The van der Waals surface area contributed by atoms with Crippen LogP contribution < -0.4 is 15.4 Å². The summed E-state index contributed by atoms with van der Waals surface area (Å²) < 4.78 is 5.55. The lowest BCUT2D eigenvalue weighted by Gasteiger charge is -2.12. The molecule has 0 heterocycles. The first-order chi connectivity index (χ1) is 13.1. The predicted molar refractivity (Wildman–Crippen MR) is 106 cm³/mol. The minimum Gasteiger partial charge on any atom is -0.483 e. The maximum Gasteiger partial charge on any atom is 0.262 e. The van der Waals surface area contributed by atoms with Gasteiger partial charge < -0.3 is 15.4 Å². The van der Waals surface area contributed by atoms with Crippen molar-refractivity contribution in [2.75, 3.05) is 17.2 Å². The van der Waals surface area contributed by atoms with Gasteiger partial charge >= 0.3 is 0 Å². The molecular formula is C21H17ClN2O3. The summed E-state index contributed by atoms with van der Waals surface area (Å²) in [4.78, 5) is 24.6. The Hall–Kier alpha value is -3.31. The topological polar surface area (TPSA) is 67.4 Å². The number of anilines is 2. The van der Waals surface area contributed by atoms with E-state index in [9.17, 15) is 9.59 Å². The number of nitrogens with one attached hydrogen (secondary N) is 2. The van der Waals surface area contributed by atoms with Crippen molar-refractivity contribution in [3.05, 3.63) is 89.4 Å². The average Bonchev–Trinajstić information content (AvgIpc) is 2.67. The molecule has 3 rings (SSSR count). The first-order valence-electron chi connectivity index (χ1n) is 8.25. The van der Waals surface area contributed by atoms with Gasteiger partial charge in [-0.05, 0) is 42.5 Å². The molecule has 0 saturated carbocycles. The van der Waals surface area contributed by atoms with Crippen molar-refractivity contribution in [1.29, 1.82) is 0 Å². The van der Waals surface area contributed by atoms with Gasteiger partial charge in [0.15, 0.2) is 6.61 Å². The lowest BCUT2D eigenvalue weighted by Crippen LogP contribution is -2.21. The first kappa shape index (κ1) is 18.5. The Balaban J connectivity index is 1.63. The van der Waals surface area contributed by atoms with E-state index in [0.717, 1.165) is 0 Å². The van der Waals surface area contributed by atoms with Crippen LogP contribution in [-0.2, 0) is 4.79 Å². The molecule has 3 aromatic carbocycles. The van der Waals surface area contributed by atoms with Gasteiger partial charge in [-0.25, -0.2) is 0 Å². The second kappa shape index (κ2) is 8.87. The standard InChI is InChI=1S/C21H17ClN2O3/c22-15-7-6-10-17(13-15)23-20(25)14-27-19-12-5-4-11-18(19)21(26)24-16-8-2-1-3-9-16/h1-13H,14H2,(H,23,25)(H,24,26). The number of ether oxygens (including phenoxy) is 1. The molecule has 0 spiro atoms. The van der Waals surface area contributed by atoms with Gasteiger partial charge in [0.25, 0.3) is 11.8 Å². The number of para-hydroxylation sites is 2. The Morgan fingerprint density at radius 1 is 0.815 bits per heavy atom. The minimum atomic E-state index is -0.351. The Kier molecular flexibility index (Phi) is 6.07. The van der Waals surface area contributed by atoms with Crippen molar-refractivity contribution >= 4 is 34.8 Å². The number of amides is 2. The van der Waals surface area contributed by atoms with Crippen LogP contribution in [0.15, 0.2) is 78.9 Å². The number of carbonyl (C=O) groups is 2. The quantitative estimate of drug-likeness (QED) is 0.656. The van der Waals surface area contributed by atoms with Gasteiger partial charge in [-0.1, -0.05) is 48.0 Å². The van der Waals surface area contributed by atoms with Crippen molar-refractivity contribution in [1.82, 2.24) is 0 Å². The van der Waals surface area contributed by atoms with Crippen molar-refractivity contribution in [3.63, 3.8) is 0 Å². The Morgan fingerprint density at radius 3 is 2.30 bits per heavy atom. The van der Waals surface area contributed by atoms with Crippen LogP contribution in [0.2, 0.25) is 5.02 Å². The van der Waals surface area contributed by atoms with E-state index in [0.29, 0.717) is 27.7 Å². The average molecular weight is 381 g/mol. The summed E-state index contributed by atoms with van der Waals surface area (Å²) in [5.41, 5.74) is 1.60. The third-order valence-corrected chi connectivity index (χ3v) is 3.87. The molecule has 0 bridgehead atoms. The largest absolute Gasteiger partial charge is 0.483 e. The molecule has 0 aliphatic carbocycles. The molecule has 0 atom stereocenters. The molecule has 0 fully saturated rings. The fraction of sp³-hybridized carbons (Fsp3) is 0.0476. The molecule has 0 saturated heterocycles. The SMILES string of the molecule is O=C(COc1ccccc1C(=O)Nc1ccccc1)Nc1cccc(Cl)c1. The third kappa shape index (κ3) is 5.33. The van der Waals surface area contributed by atoms with Gasteiger partial charge in [0.05, 0.1) is 5.56 Å². The first-order valence-corrected chi connectivity index (χ1v) is 8.63. The molecule has 5 nitrogen and oxygen atoms in total. The summed E-state index contributed by atoms with van der Waals surface area (Å²) in [7, 11) is 0. The van der Waals surface area contributed by atoms with Gasteiger partial charge in [-0.15, -0.1) is 0 Å². The number of rotatable bonds is 6. The Bertz CT molecular complexity index is 945. The van der Waals surface area contributed by atoms with E-state index in [1.807, 2.05) is 18.2 Å². The molecule has 2 N–H and O–H groups in total. The molecule has 3 aromatic rings. The van der Waals surface area contributed by atoms with Gasteiger partial charge in [0.2, 0.25) is 0 Å². The summed E-state index contributed by atoms with van der Waals surface area (Å²) in [5, 5.41) is 6.02. The summed E-state index contributed by atoms with van der Waals surface area (Å²) >= 11 is 5.90. The molecule has 0 radical (unpaired) electrons. The maximum atomic E-state index is 12.5. The van der Waals surface area contributed by atoms with Crippen LogP contribution in [0, 0.1) is 0 Å². The van der Waals surface area contributed by atoms with Crippen LogP contribution >= 0.6 is 11.6 Å². The molecule has 0 aliphatic rings. The highest BCUT2D eigenvalue weighted by Crippen LogP contribution is 2.20. The second-order valence-corrected chi connectivity index (χ2v) is 6.10. The van der Waals surface area contributed by atoms with E-state index >= 15 is 0 Å². The number of hydrogen-bond donors (Lipinski definition) is 2. The number of benzene rings is 3. The molecule has 2 amide bonds. The highest BCUT2D eigenvalue weighted by Gasteiger charge is 2.13. The molecule has 0 unspecified atom stereocenters. The fourth-order valence-electron chi connectivity index (χ4n) is 2.41. The Labute approximate surface area is 161 Å². The second-order valence-electron chi connectivity index (χ2n) is 5.66. The maximum absolute atomic E-state index is 12.5. The van der Waals surface area contributed by atoms with Crippen LogP contribution in [-0.4, -0.2) is 18.4 Å². The van der Waals surface area contributed by atoms with Crippen LogP contribution in [0.25, 0.3) is 0 Å². The zero-order chi connectivity index (χ0) is 19.1. The lowest BCUT2D eigenvalue weighted by atomic mass is 10.2. The molecular weight excluding hydrogens is 364 g/mol. The number of carbonyl (C=O) groups excluding carboxylic acids is 2. The molecule has 136 valence electrons. The number of hydrogen-bond acceptors (Lipinski definition) is 3. The van der Waals surface area contributed by atoms with E-state index in [1.165, 1.54) is 0 Å². The highest BCUT2D eigenvalue weighted by atomic mass is 35.5. The van der Waals surface area contributed by atoms with Crippen molar-refractivity contribution in [2.45, 2.75) is 0 Å². The van der Waals surface area contributed by atoms with Crippen molar-refractivity contribution in [3.8, 4) is 5.75 Å². The highest BCUT2D eigenvalue weighted by molar-refractivity contribution is 6.30. The van der Waals surface area contributed by atoms with E-state index < -0.39 is 0 Å². The monoisotopic (exact) mass is 380 g/mol. The fourth-order valence-corrected chi connectivity index (χ4v) is 2.60. The number of halogens is 1. The third-order valence-electron chi connectivity index (χ3n) is 3.63. The van der Waals surface area contributed by atoms with Gasteiger partial charge in [0, 0.05) is 16.4 Å². The zero-order valence-corrected chi connectivity index (χ0v) is 15.1. The van der Waals surface area contributed by atoms with Crippen LogP contribution in [0.4, 0.5) is 11.4 Å².